The minimum Gasteiger partial charge on any atom is -0.266 e. The third-order valence-electron chi connectivity index (χ3n) is 2.40. The van der Waals surface area contributed by atoms with Gasteiger partial charge in [-0.05, 0) is 16.0 Å². The van der Waals surface area contributed by atoms with Crippen LogP contribution in [0, 0.1) is 0 Å². The Balaban J connectivity index is 1.82. The Morgan fingerprint density at radius 2 is 1.94 bits per heavy atom. The Bertz CT molecular complexity index is 583. The molecule has 0 aliphatic carbocycles. The van der Waals surface area contributed by atoms with Crippen LogP contribution >= 0.6 is 0 Å². The minimum absolute atomic E-state index is 0.714. The Labute approximate surface area is 97.5 Å². The first-order valence-electron chi connectivity index (χ1n) is 5.22. The summed E-state index contributed by atoms with van der Waals surface area (Å²) in [6.07, 6.45) is 3.43. The predicted octanol–water partition coefficient (Wildman–Crippen LogP) is 0.907. The van der Waals surface area contributed by atoms with Crippen LogP contribution in [0.25, 0.3) is 5.82 Å². The van der Waals surface area contributed by atoms with E-state index in [1.54, 1.807) is 0 Å². The van der Waals surface area contributed by atoms with Gasteiger partial charge >= 0.3 is 0 Å². The van der Waals surface area contributed by atoms with Crippen molar-refractivity contribution in [3.05, 3.63) is 54.5 Å². The molecule has 0 radical (unpaired) electrons. The molecule has 0 N–H and O–H groups in total. The maximum absolute atomic E-state index is 4.39. The van der Waals surface area contributed by atoms with Crippen LogP contribution in [0.5, 0.6) is 0 Å². The normalized spacial score (nSPS) is 10.6. The van der Waals surface area contributed by atoms with Crippen LogP contribution in [0.15, 0.2) is 48.9 Å². The van der Waals surface area contributed by atoms with Crippen LogP contribution in [-0.2, 0) is 6.54 Å². The molecule has 0 aliphatic rings. The molecule has 0 saturated heterocycles. The fourth-order valence-electron chi connectivity index (χ4n) is 1.60. The summed E-state index contributed by atoms with van der Waals surface area (Å²) in [6.45, 7) is 0.739. The van der Waals surface area contributed by atoms with Gasteiger partial charge in [0.15, 0.2) is 5.82 Å². The first kappa shape index (κ1) is 9.71. The van der Waals surface area contributed by atoms with Crippen molar-refractivity contribution in [2.45, 2.75) is 6.54 Å². The van der Waals surface area contributed by atoms with Gasteiger partial charge in [-0.2, -0.15) is 9.78 Å². The summed E-state index contributed by atoms with van der Waals surface area (Å²) >= 11 is 0. The second-order valence-electron chi connectivity index (χ2n) is 3.61. The van der Waals surface area contributed by atoms with E-state index in [2.05, 4.69) is 32.8 Å². The topological polar surface area (TPSA) is 61.4 Å². The van der Waals surface area contributed by atoms with Crippen LogP contribution in [-0.4, -0.2) is 30.0 Å². The SMILES string of the molecule is c1ccc(Cn2ccc(-n3cnnn3)n2)cc1. The van der Waals surface area contributed by atoms with Gasteiger partial charge < -0.3 is 0 Å². The zero-order valence-corrected chi connectivity index (χ0v) is 9.01. The van der Waals surface area contributed by atoms with Crippen LogP contribution in [0.4, 0.5) is 0 Å². The van der Waals surface area contributed by atoms with Crippen molar-refractivity contribution in [1.82, 2.24) is 30.0 Å². The highest BCUT2D eigenvalue weighted by molar-refractivity contribution is 5.18. The number of tetrazole rings is 1. The molecule has 1 aromatic carbocycles. The van der Waals surface area contributed by atoms with E-state index in [-0.39, 0.29) is 0 Å². The van der Waals surface area contributed by atoms with E-state index in [0.717, 1.165) is 6.54 Å². The molecule has 0 aliphatic heterocycles. The predicted molar refractivity (Wildman–Crippen MR) is 60.5 cm³/mol. The lowest BCUT2D eigenvalue weighted by atomic mass is 10.2. The molecule has 2 heterocycles. The molecule has 0 fully saturated rings. The number of benzene rings is 1. The molecule has 0 spiro atoms. The first-order valence-corrected chi connectivity index (χ1v) is 5.22. The minimum atomic E-state index is 0.714. The third kappa shape index (κ3) is 2.05. The summed E-state index contributed by atoms with van der Waals surface area (Å²) in [4.78, 5) is 0. The van der Waals surface area contributed by atoms with Crippen molar-refractivity contribution < 1.29 is 0 Å². The highest BCUT2D eigenvalue weighted by Gasteiger charge is 2.02. The summed E-state index contributed by atoms with van der Waals surface area (Å²) in [5.41, 5.74) is 1.21. The van der Waals surface area contributed by atoms with E-state index in [1.165, 1.54) is 16.6 Å². The van der Waals surface area contributed by atoms with Gasteiger partial charge in [-0.3, -0.25) is 4.68 Å². The van der Waals surface area contributed by atoms with Crippen molar-refractivity contribution in [1.29, 1.82) is 0 Å². The maximum atomic E-state index is 4.39. The molecule has 3 rings (SSSR count). The van der Waals surface area contributed by atoms with E-state index >= 15 is 0 Å². The quantitative estimate of drug-likeness (QED) is 0.666. The van der Waals surface area contributed by atoms with Gasteiger partial charge in [-0.25, -0.2) is 0 Å². The van der Waals surface area contributed by atoms with Gasteiger partial charge in [0.2, 0.25) is 0 Å². The lowest BCUT2D eigenvalue weighted by molar-refractivity contribution is 0.663. The molecule has 2 aromatic heterocycles. The van der Waals surface area contributed by atoms with Gasteiger partial charge in [0.25, 0.3) is 0 Å². The number of nitrogens with zero attached hydrogens (tertiary/aromatic N) is 6. The van der Waals surface area contributed by atoms with Crippen LogP contribution < -0.4 is 0 Å². The Morgan fingerprint density at radius 3 is 2.71 bits per heavy atom. The largest absolute Gasteiger partial charge is 0.266 e. The van der Waals surface area contributed by atoms with Crippen molar-refractivity contribution >= 4 is 0 Å². The molecule has 0 atom stereocenters. The van der Waals surface area contributed by atoms with Crippen LogP contribution in [0.1, 0.15) is 5.56 Å². The van der Waals surface area contributed by atoms with E-state index in [4.69, 9.17) is 0 Å². The first-order chi connectivity index (χ1) is 8.42. The van der Waals surface area contributed by atoms with Crippen molar-refractivity contribution in [2.75, 3.05) is 0 Å². The monoisotopic (exact) mass is 226 g/mol. The highest BCUT2D eigenvalue weighted by atomic mass is 15.5. The summed E-state index contributed by atoms with van der Waals surface area (Å²) in [7, 11) is 0. The number of aromatic nitrogens is 6. The summed E-state index contributed by atoms with van der Waals surface area (Å²) in [5, 5.41) is 15.3. The van der Waals surface area contributed by atoms with Crippen molar-refractivity contribution in [3.63, 3.8) is 0 Å². The van der Waals surface area contributed by atoms with E-state index in [1.807, 2.05) is 35.1 Å². The molecular formula is C11H10N6. The van der Waals surface area contributed by atoms with Crippen LogP contribution in [0.3, 0.4) is 0 Å². The fraction of sp³-hybridized carbons (Fsp3) is 0.0909. The molecular weight excluding hydrogens is 216 g/mol. The second kappa shape index (κ2) is 4.17. The molecule has 6 nitrogen and oxygen atoms in total. The van der Waals surface area contributed by atoms with E-state index in [0.29, 0.717) is 5.82 Å². The zero-order chi connectivity index (χ0) is 11.5. The average molecular weight is 226 g/mol. The lowest BCUT2D eigenvalue weighted by Gasteiger charge is -2.00. The number of rotatable bonds is 3. The number of hydrogen-bond acceptors (Lipinski definition) is 4. The summed E-state index contributed by atoms with van der Waals surface area (Å²) < 4.78 is 3.38. The van der Waals surface area contributed by atoms with Crippen molar-refractivity contribution in [3.8, 4) is 5.82 Å². The van der Waals surface area contributed by atoms with Gasteiger partial charge in [0.1, 0.15) is 6.33 Å². The molecule has 84 valence electrons. The average Bonchev–Trinajstić information content (AvgIpc) is 3.00. The molecule has 0 saturated carbocycles. The molecule has 6 heteroatoms. The Morgan fingerprint density at radius 1 is 1.06 bits per heavy atom. The smallest absolute Gasteiger partial charge is 0.178 e. The van der Waals surface area contributed by atoms with Gasteiger partial charge in [-0.1, -0.05) is 30.3 Å². The second-order valence-corrected chi connectivity index (χ2v) is 3.61. The summed E-state index contributed by atoms with van der Waals surface area (Å²) in [5.74, 6) is 0.714. The van der Waals surface area contributed by atoms with Crippen molar-refractivity contribution in [2.24, 2.45) is 0 Å². The molecule has 17 heavy (non-hydrogen) atoms. The summed E-state index contributed by atoms with van der Waals surface area (Å²) in [6, 6.07) is 12.0. The fourth-order valence-corrected chi connectivity index (χ4v) is 1.60. The standard InChI is InChI=1S/C11H10N6/c1-2-4-10(5-3-1)8-16-7-6-11(13-16)17-9-12-14-15-17/h1-7,9H,8H2. The molecule has 3 aromatic rings. The van der Waals surface area contributed by atoms with E-state index < -0.39 is 0 Å². The molecule has 0 unspecified atom stereocenters. The van der Waals surface area contributed by atoms with E-state index in [9.17, 15) is 0 Å². The number of hydrogen-bond donors (Lipinski definition) is 0. The van der Waals surface area contributed by atoms with Crippen LogP contribution in [0.2, 0.25) is 0 Å². The Hall–Kier alpha value is -2.50. The van der Waals surface area contributed by atoms with Gasteiger partial charge in [-0.15, -0.1) is 5.10 Å². The highest BCUT2D eigenvalue weighted by Crippen LogP contribution is 2.04. The lowest BCUT2D eigenvalue weighted by Crippen LogP contribution is -2.02. The Kier molecular flexibility index (Phi) is 2.38. The third-order valence-corrected chi connectivity index (χ3v) is 2.40. The van der Waals surface area contributed by atoms with Gasteiger partial charge in [0.05, 0.1) is 6.54 Å². The van der Waals surface area contributed by atoms with Gasteiger partial charge in [0, 0.05) is 12.3 Å². The zero-order valence-electron chi connectivity index (χ0n) is 9.01. The maximum Gasteiger partial charge on any atom is 0.178 e. The molecule has 0 bridgehead atoms. The molecule has 0 amide bonds.